The van der Waals surface area contributed by atoms with Gasteiger partial charge in [0.2, 0.25) is 0 Å². The molecule has 0 heterocycles. The highest BCUT2D eigenvalue weighted by Crippen LogP contribution is 2.21. The maximum atomic E-state index is 12.8. The summed E-state index contributed by atoms with van der Waals surface area (Å²) in [5.41, 5.74) is 1.16. The number of hydrogen-bond donors (Lipinski definition) is 1. The van der Waals surface area contributed by atoms with Gasteiger partial charge >= 0.3 is 0 Å². The van der Waals surface area contributed by atoms with Crippen LogP contribution >= 0.6 is 0 Å². The van der Waals surface area contributed by atoms with Crippen molar-refractivity contribution in [2.45, 2.75) is 33.7 Å². The van der Waals surface area contributed by atoms with Crippen LogP contribution in [0.1, 0.15) is 39.3 Å². The van der Waals surface area contributed by atoms with E-state index in [4.69, 9.17) is 0 Å². The first-order valence-electron chi connectivity index (χ1n) is 5.99. The van der Waals surface area contributed by atoms with Crippen molar-refractivity contribution in [3.8, 4) is 0 Å². The highest BCUT2D eigenvalue weighted by atomic mass is 19.1. The summed E-state index contributed by atoms with van der Waals surface area (Å²) in [4.78, 5) is 0. The molecule has 2 heteroatoms. The average molecular weight is 223 g/mol. The van der Waals surface area contributed by atoms with Gasteiger partial charge in [0.1, 0.15) is 5.82 Å². The van der Waals surface area contributed by atoms with Crippen molar-refractivity contribution in [1.82, 2.24) is 5.32 Å². The largest absolute Gasteiger partial charge is 0.309 e. The van der Waals surface area contributed by atoms with Crippen LogP contribution in [0.2, 0.25) is 0 Å². The molecule has 0 amide bonds. The average Bonchev–Trinajstić information content (AvgIpc) is 2.20. The van der Waals surface area contributed by atoms with Gasteiger partial charge < -0.3 is 5.32 Å². The Bertz CT molecular complexity index is 303. The molecule has 1 unspecified atom stereocenters. The Hall–Kier alpha value is -0.890. The third kappa shape index (κ3) is 3.93. The molecule has 16 heavy (non-hydrogen) atoms. The van der Waals surface area contributed by atoms with E-state index >= 15 is 0 Å². The monoisotopic (exact) mass is 223 g/mol. The first kappa shape index (κ1) is 13.2. The van der Waals surface area contributed by atoms with Crippen molar-refractivity contribution in [3.63, 3.8) is 0 Å². The summed E-state index contributed by atoms with van der Waals surface area (Å²) in [6, 6.07) is 7.10. The summed E-state index contributed by atoms with van der Waals surface area (Å²) in [7, 11) is 0. The second kappa shape index (κ2) is 6.00. The molecule has 0 aliphatic heterocycles. The fourth-order valence-electron chi connectivity index (χ4n) is 1.77. The summed E-state index contributed by atoms with van der Waals surface area (Å²) in [6.07, 6.45) is 0. The Balaban J connectivity index is 2.73. The fourth-order valence-corrected chi connectivity index (χ4v) is 1.77. The zero-order valence-electron chi connectivity index (χ0n) is 10.6. The summed E-state index contributed by atoms with van der Waals surface area (Å²) in [5, 5.41) is 3.53. The molecule has 0 spiro atoms. The van der Waals surface area contributed by atoms with Crippen LogP contribution in [-0.2, 0) is 0 Å². The number of hydrogen-bond acceptors (Lipinski definition) is 1. The van der Waals surface area contributed by atoms with Gasteiger partial charge in [-0.25, -0.2) is 4.39 Å². The first-order valence-corrected chi connectivity index (χ1v) is 5.99. The SMILES string of the molecule is CC(C)CNC(c1ccc(F)cc1)C(C)C. The van der Waals surface area contributed by atoms with Gasteiger partial charge in [0.25, 0.3) is 0 Å². The molecule has 0 radical (unpaired) electrons. The molecule has 90 valence electrons. The molecule has 1 rings (SSSR count). The van der Waals surface area contributed by atoms with Gasteiger partial charge in [-0.05, 0) is 36.1 Å². The van der Waals surface area contributed by atoms with Crippen LogP contribution in [0.15, 0.2) is 24.3 Å². The third-order valence-electron chi connectivity index (χ3n) is 2.64. The summed E-state index contributed by atoms with van der Waals surface area (Å²) >= 11 is 0. The molecule has 1 N–H and O–H groups in total. The Morgan fingerprint density at radius 2 is 1.62 bits per heavy atom. The highest BCUT2D eigenvalue weighted by molar-refractivity contribution is 5.20. The number of halogens is 1. The smallest absolute Gasteiger partial charge is 0.123 e. The topological polar surface area (TPSA) is 12.0 Å². The van der Waals surface area contributed by atoms with E-state index in [9.17, 15) is 4.39 Å². The van der Waals surface area contributed by atoms with Crippen LogP contribution in [0.4, 0.5) is 4.39 Å². The quantitative estimate of drug-likeness (QED) is 0.801. The Morgan fingerprint density at radius 3 is 2.06 bits per heavy atom. The lowest BCUT2D eigenvalue weighted by atomic mass is 9.95. The minimum absolute atomic E-state index is 0.171. The van der Waals surface area contributed by atoms with Gasteiger partial charge in [0.15, 0.2) is 0 Å². The normalized spacial score (nSPS) is 13.4. The maximum absolute atomic E-state index is 12.8. The molecule has 0 fully saturated rings. The number of benzene rings is 1. The van der Waals surface area contributed by atoms with E-state index < -0.39 is 0 Å². The lowest BCUT2D eigenvalue weighted by molar-refractivity contribution is 0.387. The van der Waals surface area contributed by atoms with E-state index in [1.54, 1.807) is 0 Å². The summed E-state index contributed by atoms with van der Waals surface area (Å²) < 4.78 is 12.8. The predicted molar refractivity (Wildman–Crippen MR) is 66.8 cm³/mol. The van der Waals surface area contributed by atoms with Crippen LogP contribution in [0.5, 0.6) is 0 Å². The molecule has 1 aromatic rings. The van der Waals surface area contributed by atoms with Crippen molar-refractivity contribution >= 4 is 0 Å². The van der Waals surface area contributed by atoms with E-state index in [1.807, 2.05) is 12.1 Å². The van der Waals surface area contributed by atoms with Crippen molar-refractivity contribution in [3.05, 3.63) is 35.6 Å². The molecule has 1 aromatic carbocycles. The molecule has 0 aliphatic rings. The molecule has 0 aliphatic carbocycles. The molecular formula is C14H22FN. The Kier molecular flexibility index (Phi) is 4.94. The molecule has 1 nitrogen and oxygen atoms in total. The van der Waals surface area contributed by atoms with E-state index in [0.717, 1.165) is 12.1 Å². The third-order valence-corrected chi connectivity index (χ3v) is 2.64. The fraction of sp³-hybridized carbons (Fsp3) is 0.571. The van der Waals surface area contributed by atoms with Crippen LogP contribution in [0.3, 0.4) is 0 Å². The first-order chi connectivity index (χ1) is 7.50. The van der Waals surface area contributed by atoms with Crippen molar-refractivity contribution in [2.75, 3.05) is 6.54 Å². The standard InChI is InChI=1S/C14H22FN/c1-10(2)9-16-14(11(3)4)12-5-7-13(15)8-6-12/h5-8,10-11,14,16H,9H2,1-4H3. The van der Waals surface area contributed by atoms with Crippen LogP contribution in [0.25, 0.3) is 0 Å². The molecule has 1 atom stereocenters. The minimum Gasteiger partial charge on any atom is -0.309 e. The van der Waals surface area contributed by atoms with Gasteiger partial charge in [-0.2, -0.15) is 0 Å². The molecule has 0 saturated carbocycles. The zero-order chi connectivity index (χ0) is 12.1. The summed E-state index contributed by atoms with van der Waals surface area (Å²) in [5.74, 6) is 0.959. The molecule has 0 bridgehead atoms. The predicted octanol–water partition coefficient (Wildman–Crippen LogP) is 3.77. The van der Waals surface area contributed by atoms with E-state index in [1.165, 1.54) is 12.1 Å². The second-order valence-corrected chi connectivity index (χ2v) is 5.08. The minimum atomic E-state index is -0.171. The van der Waals surface area contributed by atoms with Gasteiger partial charge in [-0.3, -0.25) is 0 Å². The summed E-state index contributed by atoms with van der Waals surface area (Å²) in [6.45, 7) is 9.73. The Labute approximate surface area is 98.1 Å². The van der Waals surface area contributed by atoms with Crippen LogP contribution in [-0.4, -0.2) is 6.54 Å². The van der Waals surface area contributed by atoms with Crippen molar-refractivity contribution in [1.29, 1.82) is 0 Å². The van der Waals surface area contributed by atoms with Gasteiger partial charge in [-0.15, -0.1) is 0 Å². The molecule has 0 saturated heterocycles. The second-order valence-electron chi connectivity index (χ2n) is 5.08. The van der Waals surface area contributed by atoms with Crippen LogP contribution in [0, 0.1) is 17.7 Å². The van der Waals surface area contributed by atoms with E-state index in [2.05, 4.69) is 33.0 Å². The number of rotatable bonds is 5. The van der Waals surface area contributed by atoms with Gasteiger partial charge in [0, 0.05) is 6.04 Å². The van der Waals surface area contributed by atoms with Gasteiger partial charge in [0.05, 0.1) is 0 Å². The van der Waals surface area contributed by atoms with Crippen LogP contribution < -0.4 is 5.32 Å². The highest BCUT2D eigenvalue weighted by Gasteiger charge is 2.15. The molecule has 0 aromatic heterocycles. The van der Waals surface area contributed by atoms with E-state index in [0.29, 0.717) is 17.9 Å². The van der Waals surface area contributed by atoms with Crippen molar-refractivity contribution in [2.24, 2.45) is 11.8 Å². The van der Waals surface area contributed by atoms with Crippen molar-refractivity contribution < 1.29 is 4.39 Å². The Morgan fingerprint density at radius 1 is 1.06 bits per heavy atom. The van der Waals surface area contributed by atoms with E-state index in [-0.39, 0.29) is 5.82 Å². The number of nitrogens with one attached hydrogen (secondary N) is 1. The maximum Gasteiger partial charge on any atom is 0.123 e. The zero-order valence-corrected chi connectivity index (χ0v) is 10.6. The lowest BCUT2D eigenvalue weighted by Gasteiger charge is -2.24. The van der Waals surface area contributed by atoms with Gasteiger partial charge in [-0.1, -0.05) is 39.8 Å². The lowest BCUT2D eigenvalue weighted by Crippen LogP contribution is -2.29. The molecular weight excluding hydrogens is 201 g/mol.